The number of hydrogen-bond acceptors (Lipinski definition) is 6. The molecule has 182 valence electrons. The normalized spacial score (nSPS) is 21.3. The predicted molar refractivity (Wildman–Crippen MR) is 136 cm³/mol. The third-order valence-electron chi connectivity index (χ3n) is 7.01. The van der Waals surface area contributed by atoms with Gasteiger partial charge in [0.05, 0.1) is 18.1 Å². The van der Waals surface area contributed by atoms with Gasteiger partial charge in [0.25, 0.3) is 0 Å². The first-order chi connectivity index (χ1) is 16.0. The number of rotatable bonds is 10. The standard InChI is InChI=1S/C25H40N6OS/c1-4-5-8-19-9-11-20(12-10-19)24(32)26-13-16-31-23-21(17-27-31)22(30-14-6-7-15-30)28-25(29-23)33-18(2)3/h17-20H,4-16H2,1-3H3,(H,26,32). The van der Waals surface area contributed by atoms with E-state index in [9.17, 15) is 4.79 Å². The number of nitrogens with zero attached hydrogens (tertiary/aromatic N) is 5. The molecule has 4 rings (SSSR count). The van der Waals surface area contributed by atoms with Crippen LogP contribution in [-0.2, 0) is 11.3 Å². The third-order valence-corrected chi connectivity index (χ3v) is 7.87. The first-order valence-corrected chi connectivity index (χ1v) is 13.9. The van der Waals surface area contributed by atoms with E-state index in [4.69, 9.17) is 9.97 Å². The molecule has 0 atom stereocenters. The molecular formula is C25H40N6OS. The summed E-state index contributed by atoms with van der Waals surface area (Å²) in [5, 5.41) is 10.0. The van der Waals surface area contributed by atoms with Crippen molar-refractivity contribution in [3.8, 4) is 0 Å². The largest absolute Gasteiger partial charge is 0.356 e. The molecule has 2 fully saturated rings. The summed E-state index contributed by atoms with van der Waals surface area (Å²) in [4.78, 5) is 24.8. The van der Waals surface area contributed by atoms with Crippen molar-refractivity contribution in [2.45, 2.75) is 95.5 Å². The van der Waals surface area contributed by atoms with E-state index in [1.165, 1.54) is 44.9 Å². The Balaban J connectivity index is 1.37. The van der Waals surface area contributed by atoms with Gasteiger partial charge in [-0.15, -0.1) is 0 Å². The maximum atomic E-state index is 12.7. The van der Waals surface area contributed by atoms with E-state index in [2.05, 4.69) is 36.1 Å². The number of anilines is 1. The molecule has 33 heavy (non-hydrogen) atoms. The summed E-state index contributed by atoms with van der Waals surface area (Å²) < 4.78 is 1.93. The molecule has 1 N–H and O–H groups in total. The second kappa shape index (κ2) is 11.5. The highest BCUT2D eigenvalue weighted by atomic mass is 32.2. The van der Waals surface area contributed by atoms with Crippen LogP contribution in [0.1, 0.15) is 78.6 Å². The molecule has 2 aliphatic rings. The molecule has 0 unspecified atom stereocenters. The molecule has 1 saturated carbocycles. The number of carbonyl (C=O) groups is 1. The van der Waals surface area contributed by atoms with Gasteiger partial charge in [-0.2, -0.15) is 5.10 Å². The molecule has 1 saturated heterocycles. The van der Waals surface area contributed by atoms with Gasteiger partial charge in [-0.3, -0.25) is 4.79 Å². The van der Waals surface area contributed by atoms with Gasteiger partial charge < -0.3 is 10.2 Å². The van der Waals surface area contributed by atoms with Gasteiger partial charge in [0, 0.05) is 30.8 Å². The average Bonchev–Trinajstić information content (AvgIpc) is 3.48. The van der Waals surface area contributed by atoms with E-state index >= 15 is 0 Å². The van der Waals surface area contributed by atoms with E-state index in [1.807, 2.05) is 10.9 Å². The molecule has 0 spiro atoms. The van der Waals surface area contributed by atoms with Crippen LogP contribution in [0.15, 0.2) is 11.4 Å². The molecule has 1 aliphatic heterocycles. The molecule has 0 aromatic carbocycles. The number of hydrogen-bond donors (Lipinski definition) is 1. The van der Waals surface area contributed by atoms with Crippen molar-refractivity contribution < 1.29 is 4.79 Å². The second-order valence-corrected chi connectivity index (χ2v) is 11.5. The van der Waals surface area contributed by atoms with Gasteiger partial charge in [-0.05, 0) is 44.4 Å². The van der Waals surface area contributed by atoms with E-state index < -0.39 is 0 Å². The summed E-state index contributed by atoms with van der Waals surface area (Å²) in [6.45, 7) is 9.88. The number of unbranched alkanes of at least 4 members (excludes halogenated alkanes) is 1. The van der Waals surface area contributed by atoms with Crippen LogP contribution in [0.2, 0.25) is 0 Å². The maximum Gasteiger partial charge on any atom is 0.223 e. The van der Waals surface area contributed by atoms with Crippen molar-refractivity contribution in [1.82, 2.24) is 25.1 Å². The highest BCUT2D eigenvalue weighted by Gasteiger charge is 2.26. The van der Waals surface area contributed by atoms with Crippen LogP contribution in [0.5, 0.6) is 0 Å². The van der Waals surface area contributed by atoms with Gasteiger partial charge in [0.15, 0.2) is 10.8 Å². The number of aromatic nitrogens is 4. The first kappa shape index (κ1) is 24.3. The van der Waals surface area contributed by atoms with E-state index in [0.29, 0.717) is 18.3 Å². The number of amides is 1. The van der Waals surface area contributed by atoms with E-state index in [-0.39, 0.29) is 11.8 Å². The van der Waals surface area contributed by atoms with Crippen LogP contribution in [0.25, 0.3) is 11.0 Å². The summed E-state index contributed by atoms with van der Waals surface area (Å²) in [5.74, 6) is 2.22. The van der Waals surface area contributed by atoms with E-state index in [1.54, 1.807) is 11.8 Å². The predicted octanol–water partition coefficient (Wildman–Crippen LogP) is 5.04. The van der Waals surface area contributed by atoms with Gasteiger partial charge in [0.2, 0.25) is 5.91 Å². The summed E-state index contributed by atoms with van der Waals surface area (Å²) >= 11 is 1.69. The smallest absolute Gasteiger partial charge is 0.223 e. The van der Waals surface area contributed by atoms with Gasteiger partial charge in [0.1, 0.15) is 5.82 Å². The van der Waals surface area contributed by atoms with Gasteiger partial charge in [-0.25, -0.2) is 14.6 Å². The Morgan fingerprint density at radius 2 is 1.94 bits per heavy atom. The highest BCUT2D eigenvalue weighted by Crippen LogP contribution is 2.32. The van der Waals surface area contributed by atoms with Crippen molar-refractivity contribution in [2.24, 2.45) is 11.8 Å². The molecule has 3 heterocycles. The Morgan fingerprint density at radius 1 is 1.18 bits per heavy atom. The van der Waals surface area contributed by atoms with Gasteiger partial charge in [-0.1, -0.05) is 51.8 Å². The summed E-state index contributed by atoms with van der Waals surface area (Å²) in [5.41, 5.74) is 0.876. The topological polar surface area (TPSA) is 75.9 Å². The Labute approximate surface area is 202 Å². The minimum atomic E-state index is 0.176. The van der Waals surface area contributed by atoms with Crippen LogP contribution in [0.4, 0.5) is 5.82 Å². The minimum absolute atomic E-state index is 0.176. The second-order valence-electron chi connectivity index (χ2n) is 9.95. The summed E-state index contributed by atoms with van der Waals surface area (Å²) in [7, 11) is 0. The molecule has 2 aromatic rings. The lowest BCUT2D eigenvalue weighted by Crippen LogP contribution is -2.35. The highest BCUT2D eigenvalue weighted by molar-refractivity contribution is 7.99. The zero-order valence-corrected chi connectivity index (χ0v) is 21.4. The van der Waals surface area contributed by atoms with Crippen molar-refractivity contribution in [3.63, 3.8) is 0 Å². The van der Waals surface area contributed by atoms with Crippen molar-refractivity contribution >= 4 is 34.5 Å². The molecular weight excluding hydrogens is 432 g/mol. The van der Waals surface area contributed by atoms with Crippen molar-refractivity contribution in [3.05, 3.63) is 6.20 Å². The van der Waals surface area contributed by atoms with Crippen LogP contribution < -0.4 is 10.2 Å². The lowest BCUT2D eigenvalue weighted by Gasteiger charge is -2.27. The lowest BCUT2D eigenvalue weighted by molar-refractivity contribution is -0.126. The molecule has 0 bridgehead atoms. The summed E-state index contributed by atoms with van der Waals surface area (Å²) in [6, 6.07) is 0. The Bertz CT molecular complexity index is 915. The third kappa shape index (κ3) is 6.19. The molecule has 1 amide bonds. The lowest BCUT2D eigenvalue weighted by atomic mass is 9.79. The van der Waals surface area contributed by atoms with Gasteiger partial charge >= 0.3 is 0 Å². The molecule has 0 radical (unpaired) electrons. The number of carbonyl (C=O) groups excluding carboxylic acids is 1. The molecule has 2 aromatic heterocycles. The number of fused-ring (bicyclic) bond motifs is 1. The van der Waals surface area contributed by atoms with Crippen LogP contribution in [-0.4, -0.2) is 50.5 Å². The van der Waals surface area contributed by atoms with Crippen LogP contribution in [0.3, 0.4) is 0 Å². The van der Waals surface area contributed by atoms with E-state index in [0.717, 1.165) is 53.9 Å². The first-order valence-electron chi connectivity index (χ1n) is 13.0. The zero-order chi connectivity index (χ0) is 23.2. The fraction of sp³-hybridized carbons (Fsp3) is 0.760. The Morgan fingerprint density at radius 3 is 2.64 bits per heavy atom. The SMILES string of the molecule is CCCCC1CCC(C(=O)NCCn2ncc3c(N4CCCC4)nc(SC(C)C)nc32)CC1. The zero-order valence-electron chi connectivity index (χ0n) is 20.6. The number of nitrogens with one attached hydrogen (secondary N) is 1. The maximum absolute atomic E-state index is 12.7. The molecule has 8 heteroatoms. The Hall–Kier alpha value is -1.83. The van der Waals surface area contributed by atoms with Crippen LogP contribution >= 0.6 is 11.8 Å². The molecule has 7 nitrogen and oxygen atoms in total. The number of thioether (sulfide) groups is 1. The minimum Gasteiger partial charge on any atom is -0.356 e. The Kier molecular flexibility index (Phi) is 8.50. The van der Waals surface area contributed by atoms with Crippen molar-refractivity contribution in [1.29, 1.82) is 0 Å². The summed E-state index contributed by atoms with van der Waals surface area (Å²) in [6.07, 6.45) is 12.7. The molecule has 1 aliphatic carbocycles. The van der Waals surface area contributed by atoms with Crippen LogP contribution in [0, 0.1) is 11.8 Å². The van der Waals surface area contributed by atoms with Crippen molar-refractivity contribution in [2.75, 3.05) is 24.5 Å². The average molecular weight is 473 g/mol. The monoisotopic (exact) mass is 472 g/mol. The fourth-order valence-electron chi connectivity index (χ4n) is 5.15. The fourth-order valence-corrected chi connectivity index (χ4v) is 5.85. The quantitative estimate of drug-likeness (QED) is 0.386.